The van der Waals surface area contributed by atoms with Crippen LogP contribution in [0.1, 0.15) is 0 Å². The maximum absolute atomic E-state index is 2.34. The Balaban J connectivity index is 1.58. The predicted octanol–water partition coefficient (Wildman–Crippen LogP) is 9.55. The fourth-order valence-electron chi connectivity index (χ4n) is 5.19. The van der Waals surface area contributed by atoms with E-state index in [-0.39, 0.29) is 0 Å². The van der Waals surface area contributed by atoms with Gasteiger partial charge in [-0.3, -0.25) is 0 Å². The lowest BCUT2D eigenvalue weighted by molar-refractivity contribution is 1.61. The highest BCUT2D eigenvalue weighted by Crippen LogP contribution is 2.54. The van der Waals surface area contributed by atoms with Gasteiger partial charge >= 0.3 is 0 Å². The van der Waals surface area contributed by atoms with E-state index < -0.39 is 0 Å². The minimum absolute atomic E-state index is 1.25. The summed E-state index contributed by atoms with van der Waals surface area (Å²) >= 11 is 1.91. The third kappa shape index (κ3) is 2.83. The molecule has 0 radical (unpaired) electrons. The summed E-state index contributed by atoms with van der Waals surface area (Å²) in [5, 5.41) is 1.38. The van der Waals surface area contributed by atoms with Crippen LogP contribution in [-0.2, 0) is 0 Å². The van der Waals surface area contributed by atoms with Crippen LogP contribution in [0.5, 0.6) is 0 Å². The van der Waals surface area contributed by atoms with Gasteiger partial charge in [-0.25, -0.2) is 0 Å². The Kier molecular flexibility index (Phi) is 4.12. The molecule has 0 saturated heterocycles. The van der Waals surface area contributed by atoms with Crippen molar-refractivity contribution in [1.29, 1.82) is 0 Å². The van der Waals surface area contributed by atoms with Crippen molar-refractivity contribution in [2.24, 2.45) is 0 Å². The Morgan fingerprint density at radius 3 is 1.73 bits per heavy atom. The van der Waals surface area contributed by atoms with E-state index in [1.807, 2.05) is 11.3 Å². The number of rotatable bonds is 2. The second-order valence-corrected chi connectivity index (χ2v) is 9.58. The van der Waals surface area contributed by atoms with Crippen LogP contribution in [0.25, 0.3) is 65.0 Å². The molecular formula is C32H20S. The van der Waals surface area contributed by atoms with Crippen LogP contribution in [0.4, 0.5) is 0 Å². The van der Waals surface area contributed by atoms with E-state index in [1.54, 1.807) is 0 Å². The molecule has 154 valence electrons. The predicted molar refractivity (Wildman–Crippen MR) is 143 cm³/mol. The number of hydrogen-bond acceptors (Lipinski definition) is 1. The van der Waals surface area contributed by atoms with Gasteiger partial charge < -0.3 is 0 Å². The summed E-state index contributed by atoms with van der Waals surface area (Å²) in [6, 6.07) is 44.1. The summed E-state index contributed by atoms with van der Waals surface area (Å²) in [5.74, 6) is 0. The molecule has 0 atom stereocenters. The van der Waals surface area contributed by atoms with Gasteiger partial charge in [-0.05, 0) is 56.6 Å². The number of fused-ring (bicyclic) bond motifs is 5. The third-order valence-corrected chi connectivity index (χ3v) is 7.86. The molecule has 5 aromatic carbocycles. The minimum atomic E-state index is 1.25. The summed E-state index contributed by atoms with van der Waals surface area (Å²) in [6.07, 6.45) is 0. The highest BCUT2D eigenvalue weighted by molar-refractivity contribution is 7.23. The molecule has 1 heterocycles. The fraction of sp³-hybridized carbons (Fsp3) is 0. The van der Waals surface area contributed by atoms with Crippen LogP contribution in [0, 0.1) is 0 Å². The monoisotopic (exact) mass is 436 g/mol. The lowest BCUT2D eigenvalue weighted by Crippen LogP contribution is -1.85. The first-order valence-electron chi connectivity index (χ1n) is 11.3. The number of benzene rings is 5. The molecule has 0 aliphatic heterocycles. The van der Waals surface area contributed by atoms with Crippen molar-refractivity contribution in [3.8, 4) is 54.9 Å². The van der Waals surface area contributed by atoms with Gasteiger partial charge in [0, 0.05) is 20.5 Å². The van der Waals surface area contributed by atoms with Crippen molar-refractivity contribution in [2.45, 2.75) is 0 Å². The molecule has 1 aliphatic carbocycles. The zero-order valence-corrected chi connectivity index (χ0v) is 18.8. The number of thiophene rings is 1. The molecular weight excluding hydrogens is 416 g/mol. The van der Waals surface area contributed by atoms with Gasteiger partial charge in [0.15, 0.2) is 0 Å². The first kappa shape index (κ1) is 18.6. The van der Waals surface area contributed by atoms with Gasteiger partial charge in [0.25, 0.3) is 0 Å². The molecule has 0 nitrogen and oxygen atoms in total. The van der Waals surface area contributed by atoms with Gasteiger partial charge in [0.1, 0.15) is 0 Å². The molecule has 6 aromatic rings. The van der Waals surface area contributed by atoms with E-state index >= 15 is 0 Å². The Labute approximate surface area is 197 Å². The van der Waals surface area contributed by atoms with E-state index in [9.17, 15) is 0 Å². The summed E-state index contributed by atoms with van der Waals surface area (Å²) in [5.41, 5.74) is 11.7. The molecule has 0 saturated carbocycles. The fourth-order valence-corrected chi connectivity index (χ4v) is 6.43. The molecule has 33 heavy (non-hydrogen) atoms. The van der Waals surface area contributed by atoms with Crippen LogP contribution in [-0.4, -0.2) is 0 Å². The lowest BCUT2D eigenvalue weighted by atomic mass is 9.93. The molecule has 0 N–H and O–H groups in total. The number of hydrogen-bond donors (Lipinski definition) is 0. The summed E-state index contributed by atoms with van der Waals surface area (Å²) < 4.78 is 1.34. The van der Waals surface area contributed by atoms with Crippen molar-refractivity contribution in [3.63, 3.8) is 0 Å². The minimum Gasteiger partial charge on any atom is -0.135 e. The van der Waals surface area contributed by atoms with Crippen LogP contribution < -0.4 is 0 Å². The van der Waals surface area contributed by atoms with E-state index in [2.05, 4.69) is 121 Å². The Morgan fingerprint density at radius 1 is 0.394 bits per heavy atom. The second kappa shape index (κ2) is 7.30. The first-order chi connectivity index (χ1) is 16.4. The Bertz CT molecular complexity index is 1650. The maximum atomic E-state index is 2.34. The molecule has 0 unspecified atom stereocenters. The molecule has 0 amide bonds. The van der Waals surface area contributed by atoms with Crippen molar-refractivity contribution in [3.05, 3.63) is 121 Å². The van der Waals surface area contributed by atoms with Crippen LogP contribution >= 0.6 is 11.3 Å². The zero-order valence-electron chi connectivity index (χ0n) is 18.0. The van der Waals surface area contributed by atoms with Gasteiger partial charge in [-0.1, -0.05) is 109 Å². The van der Waals surface area contributed by atoms with Crippen LogP contribution in [0.2, 0.25) is 0 Å². The molecule has 1 aliphatic rings. The molecule has 0 bridgehead atoms. The second-order valence-electron chi connectivity index (χ2n) is 8.52. The van der Waals surface area contributed by atoms with Crippen molar-refractivity contribution < 1.29 is 0 Å². The zero-order chi connectivity index (χ0) is 21.8. The largest absolute Gasteiger partial charge is 0.135 e. The quantitative estimate of drug-likeness (QED) is 0.253. The van der Waals surface area contributed by atoms with Gasteiger partial charge in [0.2, 0.25) is 0 Å². The standard InChI is InChI=1S/C32H20S/c1-2-10-21(11-3-1)22-12-8-13-23(20-22)32-31-28-17-7-6-16-26(28)24-14-4-5-15-25(24)27-18-9-19-29(33-32)30(27)31/h1-20H. The van der Waals surface area contributed by atoms with Crippen molar-refractivity contribution >= 4 is 21.4 Å². The summed E-state index contributed by atoms with van der Waals surface area (Å²) in [4.78, 5) is 1.34. The van der Waals surface area contributed by atoms with Gasteiger partial charge in [-0.15, -0.1) is 11.3 Å². The Hall–Kier alpha value is -3.94. The SMILES string of the molecule is c1ccc(-c2cccc(-c3sc4cccc5c4c3-c3ccccc3-c3ccccc3-5)c2)cc1. The average molecular weight is 437 g/mol. The molecule has 1 aromatic heterocycles. The van der Waals surface area contributed by atoms with Gasteiger partial charge in [0.05, 0.1) is 0 Å². The molecule has 0 fully saturated rings. The topological polar surface area (TPSA) is 0 Å². The third-order valence-electron chi connectivity index (χ3n) is 6.65. The molecule has 1 heteroatoms. The van der Waals surface area contributed by atoms with Crippen molar-refractivity contribution in [1.82, 2.24) is 0 Å². The van der Waals surface area contributed by atoms with Crippen molar-refractivity contribution in [2.75, 3.05) is 0 Å². The van der Waals surface area contributed by atoms with E-state index in [4.69, 9.17) is 0 Å². The average Bonchev–Trinajstić information content (AvgIpc) is 3.23. The normalized spacial score (nSPS) is 11.6. The smallest absolute Gasteiger partial charge is 0.0434 e. The van der Waals surface area contributed by atoms with E-state index in [0.29, 0.717) is 0 Å². The summed E-state index contributed by atoms with van der Waals surface area (Å²) in [7, 11) is 0. The highest BCUT2D eigenvalue weighted by atomic mass is 32.1. The first-order valence-corrected chi connectivity index (χ1v) is 12.1. The molecule has 0 spiro atoms. The van der Waals surface area contributed by atoms with E-state index in [1.165, 1.54) is 65.0 Å². The maximum Gasteiger partial charge on any atom is 0.0434 e. The highest BCUT2D eigenvalue weighted by Gasteiger charge is 2.25. The van der Waals surface area contributed by atoms with Crippen LogP contribution in [0.3, 0.4) is 0 Å². The lowest BCUT2D eigenvalue weighted by Gasteiger charge is -2.12. The molecule has 7 rings (SSSR count). The van der Waals surface area contributed by atoms with E-state index in [0.717, 1.165) is 0 Å². The van der Waals surface area contributed by atoms with Gasteiger partial charge in [-0.2, -0.15) is 0 Å². The van der Waals surface area contributed by atoms with Crippen LogP contribution in [0.15, 0.2) is 121 Å². The summed E-state index contributed by atoms with van der Waals surface area (Å²) in [6.45, 7) is 0. The Morgan fingerprint density at radius 2 is 0.939 bits per heavy atom.